The van der Waals surface area contributed by atoms with Crippen molar-refractivity contribution in [1.82, 2.24) is 10.2 Å². The summed E-state index contributed by atoms with van der Waals surface area (Å²) >= 11 is 0. The first-order valence-corrected chi connectivity index (χ1v) is 7.32. The number of nitrogens with one attached hydrogen (secondary N) is 1. The molecule has 6 nitrogen and oxygen atoms in total. The summed E-state index contributed by atoms with van der Waals surface area (Å²) in [7, 11) is 1.58. The standard InChI is InChI=1S/C16H24N2O4/c1-12-7-4-5-8-14(12)22-10-6-9-17-16(21)18(3)11-13(2)15(19)20/h4-5,7-8,13H,6,9-11H2,1-3H3,(H,17,21)(H,19,20). The van der Waals surface area contributed by atoms with Gasteiger partial charge in [-0.3, -0.25) is 4.79 Å². The molecule has 0 bridgehead atoms. The molecule has 1 atom stereocenters. The van der Waals surface area contributed by atoms with Crippen LogP contribution in [0.4, 0.5) is 4.79 Å². The van der Waals surface area contributed by atoms with Crippen LogP contribution < -0.4 is 10.1 Å². The lowest BCUT2D eigenvalue weighted by Crippen LogP contribution is -2.41. The Kier molecular flexibility index (Phi) is 7.22. The lowest BCUT2D eigenvalue weighted by molar-refractivity contribution is -0.141. The summed E-state index contributed by atoms with van der Waals surface area (Å²) in [6, 6.07) is 7.49. The predicted molar refractivity (Wildman–Crippen MR) is 84.1 cm³/mol. The van der Waals surface area contributed by atoms with E-state index < -0.39 is 11.9 Å². The molecule has 0 aliphatic carbocycles. The number of carbonyl (C=O) groups is 2. The Labute approximate surface area is 131 Å². The number of carboxylic acid groups (broad SMARTS) is 1. The smallest absolute Gasteiger partial charge is 0.317 e. The highest BCUT2D eigenvalue weighted by Gasteiger charge is 2.16. The number of rotatable bonds is 8. The van der Waals surface area contributed by atoms with E-state index in [-0.39, 0.29) is 12.6 Å². The Bertz CT molecular complexity index is 505. The molecule has 0 fully saturated rings. The van der Waals surface area contributed by atoms with Crippen LogP contribution in [-0.4, -0.2) is 48.8 Å². The van der Waals surface area contributed by atoms with Crippen molar-refractivity contribution in [2.75, 3.05) is 26.7 Å². The molecule has 0 aromatic heterocycles. The van der Waals surface area contributed by atoms with Gasteiger partial charge in [0.25, 0.3) is 0 Å². The molecule has 122 valence electrons. The van der Waals surface area contributed by atoms with E-state index in [4.69, 9.17) is 9.84 Å². The summed E-state index contributed by atoms with van der Waals surface area (Å²) in [5, 5.41) is 11.6. The van der Waals surface area contributed by atoms with E-state index in [0.29, 0.717) is 19.6 Å². The van der Waals surface area contributed by atoms with Crippen molar-refractivity contribution in [1.29, 1.82) is 0 Å². The van der Waals surface area contributed by atoms with Gasteiger partial charge in [-0.25, -0.2) is 4.79 Å². The van der Waals surface area contributed by atoms with Gasteiger partial charge >= 0.3 is 12.0 Å². The average molecular weight is 308 g/mol. The number of nitrogens with zero attached hydrogens (tertiary/aromatic N) is 1. The second kappa shape index (κ2) is 8.92. The highest BCUT2D eigenvalue weighted by molar-refractivity contribution is 5.75. The van der Waals surface area contributed by atoms with E-state index >= 15 is 0 Å². The van der Waals surface area contributed by atoms with Gasteiger partial charge in [0.05, 0.1) is 12.5 Å². The summed E-state index contributed by atoms with van der Waals surface area (Å²) in [4.78, 5) is 23.9. The van der Waals surface area contributed by atoms with Crippen molar-refractivity contribution < 1.29 is 19.4 Å². The Morgan fingerprint density at radius 1 is 1.36 bits per heavy atom. The number of amides is 2. The van der Waals surface area contributed by atoms with Gasteiger partial charge in [-0.05, 0) is 25.0 Å². The van der Waals surface area contributed by atoms with Crippen LogP contribution in [0.15, 0.2) is 24.3 Å². The van der Waals surface area contributed by atoms with Crippen molar-refractivity contribution in [3.05, 3.63) is 29.8 Å². The maximum absolute atomic E-state index is 11.8. The van der Waals surface area contributed by atoms with Crippen molar-refractivity contribution in [2.24, 2.45) is 5.92 Å². The average Bonchev–Trinajstić information content (AvgIpc) is 2.48. The molecule has 1 aromatic carbocycles. The Morgan fingerprint density at radius 3 is 2.68 bits per heavy atom. The molecule has 0 aliphatic rings. The van der Waals surface area contributed by atoms with Crippen LogP contribution in [0.25, 0.3) is 0 Å². The van der Waals surface area contributed by atoms with E-state index in [1.807, 2.05) is 31.2 Å². The number of hydrogen-bond acceptors (Lipinski definition) is 3. The van der Waals surface area contributed by atoms with Gasteiger partial charge in [0.2, 0.25) is 0 Å². The maximum Gasteiger partial charge on any atom is 0.317 e. The van der Waals surface area contributed by atoms with E-state index in [2.05, 4.69) is 5.32 Å². The van der Waals surface area contributed by atoms with Gasteiger partial charge in [-0.15, -0.1) is 0 Å². The Balaban J connectivity index is 2.20. The zero-order chi connectivity index (χ0) is 16.5. The fourth-order valence-electron chi connectivity index (χ4n) is 1.87. The highest BCUT2D eigenvalue weighted by atomic mass is 16.5. The van der Waals surface area contributed by atoms with E-state index in [0.717, 1.165) is 11.3 Å². The number of benzene rings is 1. The van der Waals surface area contributed by atoms with Crippen LogP contribution in [0.3, 0.4) is 0 Å². The summed E-state index contributed by atoms with van der Waals surface area (Å²) < 4.78 is 5.63. The fourth-order valence-corrected chi connectivity index (χ4v) is 1.87. The van der Waals surface area contributed by atoms with Crippen molar-refractivity contribution in [3.63, 3.8) is 0 Å². The monoisotopic (exact) mass is 308 g/mol. The lowest BCUT2D eigenvalue weighted by atomic mass is 10.2. The molecule has 1 unspecified atom stereocenters. The third-order valence-corrected chi connectivity index (χ3v) is 3.26. The number of para-hydroxylation sites is 1. The van der Waals surface area contributed by atoms with Gasteiger partial charge in [-0.2, -0.15) is 0 Å². The number of aryl methyl sites for hydroxylation is 1. The van der Waals surface area contributed by atoms with Crippen LogP contribution in [0.2, 0.25) is 0 Å². The summed E-state index contributed by atoms with van der Waals surface area (Å²) in [6.07, 6.45) is 0.683. The zero-order valence-corrected chi connectivity index (χ0v) is 13.3. The minimum Gasteiger partial charge on any atom is -0.493 e. The summed E-state index contributed by atoms with van der Waals surface area (Å²) in [6.45, 7) is 4.73. The zero-order valence-electron chi connectivity index (χ0n) is 13.3. The second-order valence-electron chi connectivity index (χ2n) is 5.32. The number of hydrogen-bond donors (Lipinski definition) is 2. The maximum atomic E-state index is 11.8. The molecule has 0 aliphatic heterocycles. The van der Waals surface area contributed by atoms with Crippen LogP contribution in [0, 0.1) is 12.8 Å². The quantitative estimate of drug-likeness (QED) is 0.721. The molecule has 2 amide bonds. The first kappa shape index (κ1) is 17.8. The molecular formula is C16H24N2O4. The van der Waals surface area contributed by atoms with E-state index in [1.165, 1.54) is 4.90 Å². The molecule has 0 saturated carbocycles. The largest absolute Gasteiger partial charge is 0.493 e. The molecule has 2 N–H and O–H groups in total. The third kappa shape index (κ3) is 6.03. The normalized spacial score (nSPS) is 11.6. The molecular weight excluding hydrogens is 284 g/mol. The fraction of sp³-hybridized carbons (Fsp3) is 0.500. The van der Waals surface area contributed by atoms with Crippen LogP contribution in [0.1, 0.15) is 18.9 Å². The first-order chi connectivity index (χ1) is 10.4. The van der Waals surface area contributed by atoms with Crippen molar-refractivity contribution in [2.45, 2.75) is 20.3 Å². The molecule has 6 heteroatoms. The van der Waals surface area contributed by atoms with Crippen LogP contribution in [0.5, 0.6) is 5.75 Å². The van der Waals surface area contributed by atoms with Gasteiger partial charge in [0, 0.05) is 20.1 Å². The molecule has 0 heterocycles. The number of carboxylic acids is 1. The van der Waals surface area contributed by atoms with Gasteiger partial charge < -0.3 is 20.1 Å². The number of urea groups is 1. The predicted octanol–water partition coefficient (Wildman–Crippen LogP) is 2.13. The highest BCUT2D eigenvalue weighted by Crippen LogP contribution is 2.15. The van der Waals surface area contributed by atoms with Gasteiger partial charge in [0.15, 0.2) is 0 Å². The Morgan fingerprint density at radius 2 is 2.05 bits per heavy atom. The molecule has 0 saturated heterocycles. The van der Waals surface area contributed by atoms with E-state index in [9.17, 15) is 9.59 Å². The second-order valence-corrected chi connectivity index (χ2v) is 5.32. The summed E-state index contributed by atoms with van der Waals surface area (Å²) in [5.41, 5.74) is 1.08. The molecule has 1 aromatic rings. The van der Waals surface area contributed by atoms with Crippen LogP contribution in [-0.2, 0) is 4.79 Å². The number of ether oxygens (including phenoxy) is 1. The molecule has 0 radical (unpaired) electrons. The third-order valence-electron chi connectivity index (χ3n) is 3.26. The minimum absolute atomic E-state index is 0.181. The van der Waals surface area contributed by atoms with Gasteiger partial charge in [-0.1, -0.05) is 25.1 Å². The van der Waals surface area contributed by atoms with E-state index in [1.54, 1.807) is 14.0 Å². The van der Waals surface area contributed by atoms with Gasteiger partial charge in [0.1, 0.15) is 5.75 Å². The SMILES string of the molecule is Cc1ccccc1OCCCNC(=O)N(C)CC(C)C(=O)O. The van der Waals surface area contributed by atoms with Crippen molar-refractivity contribution >= 4 is 12.0 Å². The number of aliphatic carboxylic acids is 1. The molecule has 22 heavy (non-hydrogen) atoms. The number of carbonyl (C=O) groups excluding carboxylic acids is 1. The molecule has 1 rings (SSSR count). The molecule has 0 spiro atoms. The topological polar surface area (TPSA) is 78.9 Å². The van der Waals surface area contributed by atoms with Crippen LogP contribution >= 0.6 is 0 Å². The lowest BCUT2D eigenvalue weighted by Gasteiger charge is -2.20. The minimum atomic E-state index is -0.911. The first-order valence-electron chi connectivity index (χ1n) is 7.32. The van der Waals surface area contributed by atoms with Crippen molar-refractivity contribution in [3.8, 4) is 5.75 Å². The summed E-state index contributed by atoms with van der Waals surface area (Å²) in [5.74, 6) is -0.646. The Hall–Kier alpha value is -2.24.